The van der Waals surface area contributed by atoms with Crippen molar-refractivity contribution in [1.29, 1.82) is 0 Å². The van der Waals surface area contributed by atoms with E-state index in [4.69, 9.17) is 0 Å². The van der Waals surface area contributed by atoms with E-state index in [0.29, 0.717) is 19.3 Å². The van der Waals surface area contributed by atoms with Crippen LogP contribution < -0.4 is 0 Å². The second-order valence-electron chi connectivity index (χ2n) is 10.00. The zero-order valence-electron chi connectivity index (χ0n) is 16.3. The fraction of sp³-hybridized carbons (Fsp3) is 0.818. The van der Waals surface area contributed by atoms with Crippen molar-refractivity contribution >= 4 is 11.6 Å². The number of carbonyl (C=O) groups excluding carboxylic acids is 2. The average molecular weight is 362 g/mol. The fourth-order valence-corrected chi connectivity index (χ4v) is 7.56. The molecule has 0 spiro atoms. The van der Waals surface area contributed by atoms with Crippen LogP contribution >= 0.6 is 0 Å². The first-order chi connectivity index (χ1) is 12.1. The number of Topliss-reactive ketones (excluding diaryl/α,β-unsaturated/α-hetero) is 1. The van der Waals surface area contributed by atoms with Crippen molar-refractivity contribution in [2.24, 2.45) is 34.5 Å². The number of carbonyl (C=O) groups is 2. The summed E-state index contributed by atoms with van der Waals surface area (Å²) in [6.45, 7) is 7.53. The largest absolute Gasteiger partial charge is 0.390 e. The SMILES string of the molecule is CC(=O)[C@H]1CC[C@H]2[C@@H]3CCC4=CC(=O)[C@H](C)C[C@]4(C)[C@@]3(F)[C@H](O)C[C@]12C. The monoisotopic (exact) mass is 362 g/mol. The highest BCUT2D eigenvalue weighted by molar-refractivity contribution is 5.93. The highest BCUT2D eigenvalue weighted by atomic mass is 19.1. The summed E-state index contributed by atoms with van der Waals surface area (Å²) in [6.07, 6.45) is 4.48. The van der Waals surface area contributed by atoms with Gasteiger partial charge in [-0.2, -0.15) is 0 Å². The Kier molecular flexibility index (Phi) is 3.88. The van der Waals surface area contributed by atoms with E-state index in [9.17, 15) is 14.7 Å². The Hall–Kier alpha value is -1.03. The molecule has 0 bridgehead atoms. The molecule has 0 aromatic heterocycles. The van der Waals surface area contributed by atoms with Gasteiger partial charge >= 0.3 is 0 Å². The van der Waals surface area contributed by atoms with E-state index in [1.54, 1.807) is 13.0 Å². The number of aliphatic hydroxyl groups is 1. The summed E-state index contributed by atoms with van der Waals surface area (Å²) in [6, 6.07) is 0. The summed E-state index contributed by atoms with van der Waals surface area (Å²) < 4.78 is 16.9. The second-order valence-corrected chi connectivity index (χ2v) is 10.00. The molecule has 4 aliphatic rings. The molecule has 3 saturated carbocycles. The van der Waals surface area contributed by atoms with Gasteiger partial charge in [-0.25, -0.2) is 4.39 Å². The number of fused-ring (bicyclic) bond motifs is 5. The van der Waals surface area contributed by atoms with Gasteiger partial charge in [0.25, 0.3) is 0 Å². The molecule has 144 valence electrons. The summed E-state index contributed by atoms with van der Waals surface area (Å²) in [5.74, 6) is -0.105. The molecule has 0 heterocycles. The predicted molar refractivity (Wildman–Crippen MR) is 97.2 cm³/mol. The number of allylic oxidation sites excluding steroid dienone is 1. The Morgan fingerprint density at radius 3 is 2.54 bits per heavy atom. The summed E-state index contributed by atoms with van der Waals surface area (Å²) >= 11 is 0. The molecule has 0 unspecified atom stereocenters. The Bertz CT molecular complexity index is 700. The average Bonchev–Trinajstić information content (AvgIpc) is 2.88. The van der Waals surface area contributed by atoms with Gasteiger partial charge in [0.2, 0.25) is 0 Å². The van der Waals surface area contributed by atoms with Crippen LogP contribution in [0, 0.1) is 34.5 Å². The lowest BCUT2D eigenvalue weighted by Crippen LogP contribution is -2.67. The lowest BCUT2D eigenvalue weighted by Gasteiger charge is -2.63. The number of ketones is 2. The maximum absolute atomic E-state index is 16.9. The Morgan fingerprint density at radius 2 is 1.88 bits per heavy atom. The lowest BCUT2D eigenvalue weighted by molar-refractivity contribution is -0.210. The molecule has 3 nitrogen and oxygen atoms in total. The fourth-order valence-electron chi connectivity index (χ4n) is 7.56. The third-order valence-corrected chi connectivity index (χ3v) is 8.84. The van der Waals surface area contributed by atoms with Crippen molar-refractivity contribution in [2.75, 3.05) is 0 Å². The topological polar surface area (TPSA) is 54.4 Å². The van der Waals surface area contributed by atoms with E-state index in [1.165, 1.54) is 0 Å². The third kappa shape index (κ3) is 2.03. The minimum Gasteiger partial charge on any atom is -0.390 e. The maximum Gasteiger partial charge on any atom is 0.158 e. The van der Waals surface area contributed by atoms with Crippen LogP contribution in [-0.4, -0.2) is 28.4 Å². The highest BCUT2D eigenvalue weighted by Gasteiger charge is 2.71. The van der Waals surface area contributed by atoms with E-state index >= 15 is 4.39 Å². The Morgan fingerprint density at radius 1 is 1.19 bits per heavy atom. The van der Waals surface area contributed by atoms with Gasteiger partial charge in [-0.3, -0.25) is 9.59 Å². The van der Waals surface area contributed by atoms with Gasteiger partial charge in [0, 0.05) is 23.2 Å². The molecule has 8 atom stereocenters. The van der Waals surface area contributed by atoms with Crippen LogP contribution in [0.4, 0.5) is 4.39 Å². The van der Waals surface area contributed by atoms with Crippen LogP contribution in [0.2, 0.25) is 0 Å². The number of halogens is 1. The molecular weight excluding hydrogens is 331 g/mol. The molecule has 0 aliphatic heterocycles. The van der Waals surface area contributed by atoms with Crippen LogP contribution in [0.5, 0.6) is 0 Å². The van der Waals surface area contributed by atoms with Gasteiger partial charge in [0.15, 0.2) is 5.78 Å². The zero-order valence-corrected chi connectivity index (χ0v) is 16.3. The van der Waals surface area contributed by atoms with E-state index in [-0.39, 0.29) is 40.7 Å². The molecular formula is C22H31FO3. The number of hydrogen-bond acceptors (Lipinski definition) is 3. The molecule has 0 saturated heterocycles. The first-order valence-electron chi connectivity index (χ1n) is 10.2. The summed E-state index contributed by atoms with van der Waals surface area (Å²) in [5, 5.41) is 11.1. The van der Waals surface area contributed by atoms with Gasteiger partial charge in [0.1, 0.15) is 11.5 Å². The quantitative estimate of drug-likeness (QED) is 0.766. The van der Waals surface area contributed by atoms with Gasteiger partial charge in [0.05, 0.1) is 6.10 Å². The summed E-state index contributed by atoms with van der Waals surface area (Å²) in [5.41, 5.74) is -1.90. The van der Waals surface area contributed by atoms with Crippen molar-refractivity contribution in [2.45, 2.75) is 78.0 Å². The smallest absolute Gasteiger partial charge is 0.158 e. The second kappa shape index (κ2) is 5.50. The molecule has 4 rings (SSSR count). The van der Waals surface area contributed by atoms with Crippen molar-refractivity contribution < 1.29 is 19.1 Å². The molecule has 1 N–H and O–H groups in total. The Balaban J connectivity index is 1.80. The number of aliphatic hydroxyl groups excluding tert-OH is 1. The molecule has 4 aliphatic carbocycles. The standard InChI is InChI=1S/C22H31FO3/c1-12-10-21(4)14(9-18(12)25)5-6-17-16-8-7-15(13(2)24)20(16,3)11-19(26)22(17,21)23/h9,12,15-17,19,26H,5-8,10-11H2,1-4H3/t12-,15-,16+,17+,19-,20-,21+,22+/m1/s1. The van der Waals surface area contributed by atoms with E-state index in [1.807, 2.05) is 13.8 Å². The molecule has 4 heteroatoms. The molecule has 0 aromatic carbocycles. The van der Waals surface area contributed by atoms with Crippen LogP contribution in [-0.2, 0) is 9.59 Å². The molecule has 26 heavy (non-hydrogen) atoms. The maximum atomic E-state index is 16.9. The highest BCUT2D eigenvalue weighted by Crippen LogP contribution is 2.69. The van der Waals surface area contributed by atoms with Crippen LogP contribution in [0.25, 0.3) is 0 Å². The normalized spacial score (nSPS) is 53.4. The van der Waals surface area contributed by atoms with Crippen molar-refractivity contribution in [3.05, 3.63) is 11.6 Å². The molecule has 0 radical (unpaired) electrons. The van der Waals surface area contributed by atoms with Gasteiger partial charge < -0.3 is 5.11 Å². The number of alkyl halides is 1. The predicted octanol–water partition coefficient (Wildman–Crippen LogP) is 4.03. The lowest BCUT2D eigenvalue weighted by atomic mass is 9.43. The Labute approximate surface area is 155 Å². The van der Waals surface area contributed by atoms with Crippen molar-refractivity contribution in [1.82, 2.24) is 0 Å². The molecule has 0 aromatic rings. The van der Waals surface area contributed by atoms with Gasteiger partial charge in [-0.15, -0.1) is 0 Å². The van der Waals surface area contributed by atoms with E-state index in [2.05, 4.69) is 6.92 Å². The van der Waals surface area contributed by atoms with Gasteiger partial charge in [-0.05, 0) is 62.9 Å². The summed E-state index contributed by atoms with van der Waals surface area (Å²) in [7, 11) is 0. The van der Waals surface area contributed by atoms with Gasteiger partial charge in [-0.1, -0.05) is 26.3 Å². The van der Waals surface area contributed by atoms with Crippen molar-refractivity contribution in [3.63, 3.8) is 0 Å². The minimum atomic E-state index is -1.71. The first kappa shape index (κ1) is 18.3. The van der Waals surface area contributed by atoms with E-state index < -0.39 is 17.2 Å². The van der Waals surface area contributed by atoms with Crippen molar-refractivity contribution in [3.8, 4) is 0 Å². The first-order valence-corrected chi connectivity index (χ1v) is 10.2. The van der Waals surface area contributed by atoms with Crippen LogP contribution in [0.3, 0.4) is 0 Å². The van der Waals surface area contributed by atoms with Crippen LogP contribution in [0.15, 0.2) is 11.6 Å². The third-order valence-electron chi connectivity index (χ3n) is 8.84. The van der Waals surface area contributed by atoms with Crippen LogP contribution in [0.1, 0.15) is 66.2 Å². The number of hydrogen-bond donors (Lipinski definition) is 1. The van der Waals surface area contributed by atoms with E-state index in [0.717, 1.165) is 24.8 Å². The molecule has 0 amide bonds. The number of rotatable bonds is 1. The molecule has 3 fully saturated rings. The summed E-state index contributed by atoms with van der Waals surface area (Å²) in [4.78, 5) is 24.4. The zero-order chi connectivity index (χ0) is 19.1. The minimum absolute atomic E-state index is 0.0664.